The number of halogens is 1. The van der Waals surface area contributed by atoms with E-state index in [2.05, 4.69) is 40.5 Å². The van der Waals surface area contributed by atoms with Gasteiger partial charge < -0.3 is 19.4 Å². The van der Waals surface area contributed by atoms with Gasteiger partial charge in [-0.2, -0.15) is 0 Å². The van der Waals surface area contributed by atoms with Gasteiger partial charge in [-0.1, -0.05) is 18.2 Å². The largest absolute Gasteiger partial charge is 0.469 e. The first-order chi connectivity index (χ1) is 14.4. The minimum Gasteiger partial charge on any atom is -0.469 e. The van der Waals surface area contributed by atoms with Crippen molar-refractivity contribution in [3.05, 3.63) is 54.5 Å². The van der Waals surface area contributed by atoms with E-state index in [1.54, 1.807) is 6.26 Å². The number of likely N-dealkylation sites (tertiary alicyclic amines) is 1. The van der Waals surface area contributed by atoms with Gasteiger partial charge in [-0.25, -0.2) is 0 Å². The smallest absolute Gasteiger partial charge is 0.193 e. The summed E-state index contributed by atoms with van der Waals surface area (Å²) in [7, 11) is 0. The predicted molar refractivity (Wildman–Crippen MR) is 134 cm³/mol. The summed E-state index contributed by atoms with van der Waals surface area (Å²) in [6.07, 6.45) is 4.96. The number of benzene rings is 1. The minimum atomic E-state index is 0. The fourth-order valence-electron chi connectivity index (χ4n) is 3.85. The SMILES string of the molecule is I.c1ccc(SCC2CCN(C(=NCC3CCOC3)NCCc3ccco3)C2)cc1. The third kappa shape index (κ3) is 7.20. The molecule has 1 aromatic carbocycles. The van der Waals surface area contributed by atoms with Gasteiger partial charge in [0.25, 0.3) is 0 Å². The Morgan fingerprint density at radius 1 is 1.13 bits per heavy atom. The lowest BCUT2D eigenvalue weighted by Gasteiger charge is -2.22. The van der Waals surface area contributed by atoms with Crippen molar-refractivity contribution in [2.75, 3.05) is 45.1 Å². The monoisotopic (exact) mass is 541 g/mol. The first-order valence-electron chi connectivity index (χ1n) is 10.7. The average molecular weight is 541 g/mol. The molecule has 0 bridgehead atoms. The summed E-state index contributed by atoms with van der Waals surface area (Å²) in [5.74, 6) is 4.49. The highest BCUT2D eigenvalue weighted by molar-refractivity contribution is 14.0. The van der Waals surface area contributed by atoms with Gasteiger partial charge in [0.2, 0.25) is 0 Å². The van der Waals surface area contributed by atoms with Crippen LogP contribution in [0, 0.1) is 11.8 Å². The van der Waals surface area contributed by atoms with Crippen LogP contribution in [0.4, 0.5) is 0 Å². The maximum atomic E-state index is 5.52. The van der Waals surface area contributed by atoms with Crippen LogP contribution in [0.3, 0.4) is 0 Å². The topological polar surface area (TPSA) is 50.0 Å². The van der Waals surface area contributed by atoms with Crippen LogP contribution < -0.4 is 5.32 Å². The zero-order valence-electron chi connectivity index (χ0n) is 17.4. The number of nitrogens with one attached hydrogen (secondary N) is 1. The van der Waals surface area contributed by atoms with E-state index in [-0.39, 0.29) is 24.0 Å². The fraction of sp³-hybridized carbons (Fsp3) is 0.522. The molecule has 2 fully saturated rings. The number of aliphatic imine (C=N–C) groups is 1. The minimum absolute atomic E-state index is 0. The Balaban J connectivity index is 0.00000256. The van der Waals surface area contributed by atoms with Crippen LogP contribution in [0.1, 0.15) is 18.6 Å². The summed E-state index contributed by atoms with van der Waals surface area (Å²) in [5.41, 5.74) is 0. The molecule has 0 spiro atoms. The van der Waals surface area contributed by atoms with E-state index in [0.29, 0.717) is 11.8 Å². The lowest BCUT2D eigenvalue weighted by atomic mass is 10.1. The maximum absolute atomic E-state index is 5.52. The van der Waals surface area contributed by atoms with E-state index in [1.165, 1.54) is 11.3 Å². The highest BCUT2D eigenvalue weighted by atomic mass is 127. The Hall–Kier alpha value is -1.19. The van der Waals surface area contributed by atoms with Crippen molar-refractivity contribution >= 4 is 41.7 Å². The molecule has 2 aliphatic heterocycles. The second kappa shape index (κ2) is 12.6. The fourth-order valence-corrected chi connectivity index (χ4v) is 4.90. The van der Waals surface area contributed by atoms with Crippen molar-refractivity contribution in [2.45, 2.75) is 24.2 Å². The average Bonchev–Trinajstić information content (AvgIpc) is 3.53. The van der Waals surface area contributed by atoms with Crippen molar-refractivity contribution in [1.82, 2.24) is 10.2 Å². The third-order valence-corrected chi connectivity index (χ3v) is 6.82. The molecule has 4 rings (SSSR count). The first kappa shape index (κ1) is 23.5. The van der Waals surface area contributed by atoms with E-state index < -0.39 is 0 Å². The van der Waals surface area contributed by atoms with Gasteiger partial charge in [-0.15, -0.1) is 35.7 Å². The summed E-state index contributed by atoms with van der Waals surface area (Å²) in [6.45, 7) is 5.57. The van der Waals surface area contributed by atoms with E-state index in [4.69, 9.17) is 14.1 Å². The third-order valence-electron chi connectivity index (χ3n) is 5.57. The Labute approximate surface area is 201 Å². The molecule has 0 aliphatic carbocycles. The first-order valence-corrected chi connectivity index (χ1v) is 11.7. The molecule has 3 heterocycles. The van der Waals surface area contributed by atoms with Gasteiger partial charge in [-0.05, 0) is 43.0 Å². The molecule has 2 unspecified atom stereocenters. The zero-order chi connectivity index (χ0) is 19.7. The molecule has 2 aliphatic rings. The van der Waals surface area contributed by atoms with Gasteiger partial charge in [0.05, 0.1) is 12.9 Å². The summed E-state index contributed by atoms with van der Waals surface area (Å²) in [6, 6.07) is 14.7. The summed E-state index contributed by atoms with van der Waals surface area (Å²) < 4.78 is 11.0. The molecule has 0 saturated carbocycles. The molecule has 0 radical (unpaired) electrons. The standard InChI is InChI=1S/C23H31N3O2S.HI/c1-2-6-22(7-3-1)29-18-20-9-12-26(16-20)23(25-15-19-10-14-27-17-19)24-11-8-21-5-4-13-28-21;/h1-7,13,19-20H,8-12,14-18H2,(H,24,25);1H. The van der Waals surface area contributed by atoms with Crippen molar-refractivity contribution < 1.29 is 9.15 Å². The van der Waals surface area contributed by atoms with Crippen molar-refractivity contribution in [2.24, 2.45) is 16.8 Å². The number of guanidine groups is 1. The van der Waals surface area contributed by atoms with Crippen LogP contribution in [0.25, 0.3) is 0 Å². The molecular weight excluding hydrogens is 509 g/mol. The van der Waals surface area contributed by atoms with Gasteiger partial charge in [0, 0.05) is 55.8 Å². The van der Waals surface area contributed by atoms with Crippen molar-refractivity contribution in [1.29, 1.82) is 0 Å². The van der Waals surface area contributed by atoms with Crippen LogP contribution in [0.5, 0.6) is 0 Å². The molecule has 7 heteroatoms. The van der Waals surface area contributed by atoms with E-state index in [9.17, 15) is 0 Å². The second-order valence-corrected chi connectivity index (χ2v) is 8.97. The highest BCUT2D eigenvalue weighted by Gasteiger charge is 2.25. The number of rotatable bonds is 8. The Morgan fingerprint density at radius 3 is 2.80 bits per heavy atom. The van der Waals surface area contributed by atoms with E-state index >= 15 is 0 Å². The maximum Gasteiger partial charge on any atom is 0.193 e. The quantitative estimate of drug-likeness (QED) is 0.230. The van der Waals surface area contributed by atoms with Crippen molar-refractivity contribution in [3.8, 4) is 0 Å². The summed E-state index contributed by atoms with van der Waals surface area (Å²) in [5, 5.41) is 3.59. The van der Waals surface area contributed by atoms with Crippen LogP contribution in [-0.4, -0.2) is 56.0 Å². The lowest BCUT2D eigenvalue weighted by Crippen LogP contribution is -2.41. The van der Waals surface area contributed by atoms with E-state index in [1.807, 2.05) is 23.9 Å². The Kier molecular flexibility index (Phi) is 9.87. The van der Waals surface area contributed by atoms with Crippen LogP contribution in [0.15, 0.2) is 63.0 Å². The number of thioether (sulfide) groups is 1. The molecule has 1 aromatic heterocycles. The molecule has 1 N–H and O–H groups in total. The predicted octanol–water partition coefficient (Wildman–Crippen LogP) is 4.54. The van der Waals surface area contributed by atoms with Crippen LogP contribution in [-0.2, 0) is 11.2 Å². The molecular formula is C23H32IN3O2S. The lowest BCUT2D eigenvalue weighted by molar-refractivity contribution is 0.187. The summed E-state index contributed by atoms with van der Waals surface area (Å²) >= 11 is 1.97. The zero-order valence-corrected chi connectivity index (χ0v) is 20.5. The van der Waals surface area contributed by atoms with Gasteiger partial charge in [0.15, 0.2) is 5.96 Å². The molecule has 2 saturated heterocycles. The Morgan fingerprint density at radius 2 is 2.03 bits per heavy atom. The molecule has 2 atom stereocenters. The molecule has 0 amide bonds. The second-order valence-electron chi connectivity index (χ2n) is 7.87. The van der Waals surface area contributed by atoms with Crippen LogP contribution >= 0.6 is 35.7 Å². The number of furan rings is 1. The highest BCUT2D eigenvalue weighted by Crippen LogP contribution is 2.26. The molecule has 2 aromatic rings. The summed E-state index contributed by atoms with van der Waals surface area (Å²) in [4.78, 5) is 8.77. The number of ether oxygens (including phenoxy) is 1. The van der Waals surface area contributed by atoms with Gasteiger partial charge >= 0.3 is 0 Å². The van der Waals surface area contributed by atoms with Gasteiger partial charge in [0.1, 0.15) is 5.76 Å². The molecule has 5 nitrogen and oxygen atoms in total. The van der Waals surface area contributed by atoms with Crippen LogP contribution in [0.2, 0.25) is 0 Å². The number of nitrogens with zero attached hydrogens (tertiary/aromatic N) is 2. The Bertz CT molecular complexity index is 751. The van der Waals surface area contributed by atoms with Gasteiger partial charge in [-0.3, -0.25) is 4.99 Å². The molecule has 30 heavy (non-hydrogen) atoms. The van der Waals surface area contributed by atoms with E-state index in [0.717, 1.165) is 69.7 Å². The number of hydrogen-bond acceptors (Lipinski definition) is 4. The number of hydrogen-bond donors (Lipinski definition) is 1. The molecule has 164 valence electrons. The normalized spacial score (nSPS) is 21.6. The van der Waals surface area contributed by atoms with Crippen molar-refractivity contribution in [3.63, 3.8) is 0 Å².